The van der Waals surface area contributed by atoms with Crippen LogP contribution in [0, 0.1) is 5.92 Å². The summed E-state index contributed by atoms with van der Waals surface area (Å²) < 4.78 is 5.00. The van der Waals surface area contributed by atoms with Gasteiger partial charge in [-0.3, -0.25) is 14.6 Å². The molecule has 3 aromatic carbocycles. The molecule has 1 aliphatic rings. The summed E-state index contributed by atoms with van der Waals surface area (Å²) in [4.78, 5) is 29.2. The van der Waals surface area contributed by atoms with Crippen molar-refractivity contribution in [2.75, 3.05) is 6.61 Å². The van der Waals surface area contributed by atoms with E-state index in [9.17, 15) is 9.59 Å². The van der Waals surface area contributed by atoms with Gasteiger partial charge < -0.3 is 4.74 Å². The molecule has 1 heterocycles. The van der Waals surface area contributed by atoms with Gasteiger partial charge in [-0.1, -0.05) is 30.3 Å². The van der Waals surface area contributed by atoms with E-state index in [1.165, 1.54) is 6.21 Å². The second kappa shape index (κ2) is 5.57. The van der Waals surface area contributed by atoms with Crippen molar-refractivity contribution in [3.8, 4) is 0 Å². The summed E-state index contributed by atoms with van der Waals surface area (Å²) in [5, 5.41) is 3.94. The zero-order valence-electron chi connectivity index (χ0n) is 13.2. The summed E-state index contributed by atoms with van der Waals surface area (Å²) in [6.45, 7) is 1.96. The van der Waals surface area contributed by atoms with E-state index in [1.54, 1.807) is 6.92 Å². The summed E-state index contributed by atoms with van der Waals surface area (Å²) in [6.07, 6.45) is 1.38. The lowest BCUT2D eigenvalue weighted by atomic mass is 9.89. The predicted molar refractivity (Wildman–Crippen MR) is 94.1 cm³/mol. The molecule has 1 aliphatic heterocycles. The Morgan fingerprint density at radius 2 is 1.83 bits per heavy atom. The zero-order valence-corrected chi connectivity index (χ0v) is 13.2. The monoisotopic (exact) mass is 317 g/mol. The van der Waals surface area contributed by atoms with Crippen LogP contribution in [0.4, 0.5) is 5.69 Å². The van der Waals surface area contributed by atoms with Crippen molar-refractivity contribution in [1.82, 2.24) is 0 Å². The Balaban J connectivity index is 1.94. The molecule has 0 saturated heterocycles. The first-order valence-electron chi connectivity index (χ1n) is 7.89. The van der Waals surface area contributed by atoms with Crippen LogP contribution in [0.1, 0.15) is 17.3 Å². The summed E-state index contributed by atoms with van der Waals surface area (Å²) in [7, 11) is 0. The number of Topliss-reactive ketones (excluding diaryl/α,β-unsaturated/α-hetero) is 1. The molecule has 0 amide bonds. The Morgan fingerprint density at radius 3 is 2.58 bits per heavy atom. The molecule has 3 aromatic rings. The fraction of sp³-hybridized carbons (Fsp3) is 0.150. The van der Waals surface area contributed by atoms with Gasteiger partial charge in [0.25, 0.3) is 0 Å². The molecule has 0 N–H and O–H groups in total. The Labute approximate surface area is 138 Å². The minimum atomic E-state index is -0.963. The summed E-state index contributed by atoms with van der Waals surface area (Å²) in [5.74, 6) is -1.76. The van der Waals surface area contributed by atoms with Gasteiger partial charge >= 0.3 is 5.97 Å². The number of hydrogen-bond acceptors (Lipinski definition) is 4. The highest BCUT2D eigenvalue weighted by Gasteiger charge is 2.33. The molecule has 0 aliphatic carbocycles. The van der Waals surface area contributed by atoms with Crippen LogP contribution in [-0.4, -0.2) is 24.6 Å². The van der Waals surface area contributed by atoms with E-state index >= 15 is 0 Å². The van der Waals surface area contributed by atoms with Crippen LogP contribution >= 0.6 is 0 Å². The molecule has 0 radical (unpaired) electrons. The van der Waals surface area contributed by atoms with Crippen LogP contribution in [0.25, 0.3) is 21.5 Å². The minimum absolute atomic E-state index is 0.240. The maximum Gasteiger partial charge on any atom is 0.322 e. The molecule has 0 spiro atoms. The standard InChI is InChI=1S/C20H15NO3/c1-2-24-20(23)16-11-21-17-8-7-14-9-12-5-3-4-6-13(12)10-15(14)18(17)19(16)22/h3-11,16H,2H2,1H3. The third-order valence-corrected chi connectivity index (χ3v) is 4.30. The van der Waals surface area contributed by atoms with Crippen molar-refractivity contribution in [1.29, 1.82) is 0 Å². The van der Waals surface area contributed by atoms with Crippen LogP contribution in [0.3, 0.4) is 0 Å². The van der Waals surface area contributed by atoms with Gasteiger partial charge in [0.1, 0.15) is 0 Å². The van der Waals surface area contributed by atoms with E-state index in [4.69, 9.17) is 4.74 Å². The van der Waals surface area contributed by atoms with Crippen molar-refractivity contribution < 1.29 is 14.3 Å². The third kappa shape index (κ3) is 2.19. The molecular formula is C20H15NO3. The van der Waals surface area contributed by atoms with Crippen LogP contribution in [0.15, 0.2) is 53.5 Å². The molecular weight excluding hydrogens is 302 g/mol. The molecule has 118 valence electrons. The molecule has 4 heteroatoms. The summed E-state index contributed by atoms with van der Waals surface area (Å²) in [6, 6.07) is 15.8. The Morgan fingerprint density at radius 1 is 1.08 bits per heavy atom. The number of hydrogen-bond donors (Lipinski definition) is 0. The quantitative estimate of drug-likeness (QED) is 0.407. The molecule has 4 rings (SSSR count). The maximum absolute atomic E-state index is 12.9. The number of carbonyl (C=O) groups excluding carboxylic acids is 2. The van der Waals surface area contributed by atoms with Crippen molar-refractivity contribution in [3.63, 3.8) is 0 Å². The predicted octanol–water partition coefficient (Wildman–Crippen LogP) is 4.07. The van der Waals surface area contributed by atoms with E-state index in [1.807, 2.05) is 42.5 Å². The zero-order chi connectivity index (χ0) is 16.7. The molecule has 24 heavy (non-hydrogen) atoms. The molecule has 4 nitrogen and oxygen atoms in total. The number of ketones is 1. The fourth-order valence-corrected chi connectivity index (χ4v) is 3.15. The van der Waals surface area contributed by atoms with Crippen molar-refractivity contribution >= 4 is 45.2 Å². The van der Waals surface area contributed by atoms with Crippen LogP contribution in [0.5, 0.6) is 0 Å². The van der Waals surface area contributed by atoms with Crippen LogP contribution < -0.4 is 0 Å². The van der Waals surface area contributed by atoms with E-state index in [2.05, 4.69) is 11.1 Å². The van der Waals surface area contributed by atoms with Crippen LogP contribution in [0.2, 0.25) is 0 Å². The first-order chi connectivity index (χ1) is 11.7. The van der Waals surface area contributed by atoms with Gasteiger partial charge in [0, 0.05) is 6.21 Å². The Bertz CT molecular complexity index is 1020. The topological polar surface area (TPSA) is 55.7 Å². The first kappa shape index (κ1) is 14.6. The number of ether oxygens (including phenoxy) is 1. The van der Waals surface area contributed by atoms with Crippen molar-refractivity contribution in [3.05, 3.63) is 54.1 Å². The highest BCUT2D eigenvalue weighted by Crippen LogP contribution is 2.35. The number of carbonyl (C=O) groups is 2. The lowest BCUT2D eigenvalue weighted by molar-refractivity contribution is -0.143. The Kier molecular flexibility index (Phi) is 3.38. The molecule has 0 aromatic heterocycles. The number of rotatable bonds is 2. The highest BCUT2D eigenvalue weighted by molar-refractivity contribution is 6.27. The fourth-order valence-electron chi connectivity index (χ4n) is 3.15. The first-order valence-corrected chi connectivity index (χ1v) is 7.89. The van der Waals surface area contributed by atoms with E-state index in [0.717, 1.165) is 21.5 Å². The van der Waals surface area contributed by atoms with E-state index in [-0.39, 0.29) is 12.4 Å². The van der Waals surface area contributed by atoms with Crippen LogP contribution in [-0.2, 0) is 9.53 Å². The van der Waals surface area contributed by atoms with Gasteiger partial charge in [-0.15, -0.1) is 0 Å². The van der Waals surface area contributed by atoms with Gasteiger partial charge in [0.2, 0.25) is 0 Å². The Hall–Kier alpha value is -3.01. The van der Waals surface area contributed by atoms with Crippen molar-refractivity contribution in [2.45, 2.75) is 6.92 Å². The maximum atomic E-state index is 12.9. The minimum Gasteiger partial charge on any atom is -0.465 e. The van der Waals surface area contributed by atoms with Crippen molar-refractivity contribution in [2.24, 2.45) is 10.9 Å². The van der Waals surface area contributed by atoms with Gasteiger partial charge in [-0.05, 0) is 46.7 Å². The number of aliphatic imine (C=N–C) groups is 1. The average Bonchev–Trinajstić information content (AvgIpc) is 2.60. The van der Waals surface area contributed by atoms with E-state index < -0.39 is 11.9 Å². The second-order valence-electron chi connectivity index (χ2n) is 5.75. The molecule has 1 atom stereocenters. The molecule has 0 fully saturated rings. The smallest absolute Gasteiger partial charge is 0.322 e. The normalized spacial score (nSPS) is 16.4. The van der Waals surface area contributed by atoms with Gasteiger partial charge in [0.15, 0.2) is 11.7 Å². The average molecular weight is 317 g/mol. The van der Waals surface area contributed by atoms with E-state index in [0.29, 0.717) is 11.3 Å². The van der Waals surface area contributed by atoms with Gasteiger partial charge in [0.05, 0.1) is 17.9 Å². The SMILES string of the molecule is CCOC(=O)C1C=Nc2ccc3cc4ccccc4cc3c2C1=O. The van der Waals surface area contributed by atoms with Gasteiger partial charge in [-0.2, -0.15) is 0 Å². The number of benzene rings is 3. The molecule has 0 bridgehead atoms. The largest absolute Gasteiger partial charge is 0.465 e. The summed E-state index contributed by atoms with van der Waals surface area (Å²) in [5.41, 5.74) is 1.10. The number of nitrogens with zero attached hydrogens (tertiary/aromatic N) is 1. The lowest BCUT2D eigenvalue weighted by Gasteiger charge is -2.18. The second-order valence-corrected chi connectivity index (χ2v) is 5.75. The number of fused-ring (bicyclic) bond motifs is 4. The molecule has 0 saturated carbocycles. The number of esters is 1. The molecule has 1 unspecified atom stereocenters. The lowest BCUT2D eigenvalue weighted by Crippen LogP contribution is -2.29. The summed E-state index contributed by atoms with van der Waals surface area (Å²) >= 11 is 0. The third-order valence-electron chi connectivity index (χ3n) is 4.30. The highest BCUT2D eigenvalue weighted by atomic mass is 16.5. The van der Waals surface area contributed by atoms with Gasteiger partial charge in [-0.25, -0.2) is 0 Å².